The van der Waals surface area contributed by atoms with Crippen molar-refractivity contribution in [2.24, 2.45) is 0 Å². The van der Waals surface area contributed by atoms with Crippen molar-refractivity contribution in [3.63, 3.8) is 0 Å². The van der Waals surface area contributed by atoms with Gasteiger partial charge in [0.05, 0.1) is 0 Å². The molecule has 0 heterocycles. The molecule has 2 heteroatoms. The third-order valence-electron chi connectivity index (χ3n) is 2.59. The molecule has 0 radical (unpaired) electrons. The Bertz CT molecular complexity index is 465. The molecule has 2 aromatic rings. The van der Waals surface area contributed by atoms with Crippen molar-refractivity contribution in [3.8, 4) is 0 Å². The van der Waals surface area contributed by atoms with E-state index in [-0.39, 0.29) is 5.91 Å². The minimum absolute atomic E-state index is 0.0962. The fraction of sp³-hybridized carbons (Fsp3) is 0.235. The molecule has 1 amide bonds. The van der Waals surface area contributed by atoms with E-state index in [2.05, 4.69) is 24.4 Å². The molecule has 0 fully saturated rings. The van der Waals surface area contributed by atoms with Crippen LogP contribution in [0.4, 0.5) is 0 Å². The Morgan fingerprint density at radius 1 is 0.947 bits per heavy atom. The van der Waals surface area contributed by atoms with Gasteiger partial charge in [0, 0.05) is 13.0 Å². The Kier molecular flexibility index (Phi) is 7.03. The molecule has 0 saturated carbocycles. The molecule has 0 bridgehead atoms. The van der Waals surface area contributed by atoms with E-state index in [9.17, 15) is 4.79 Å². The van der Waals surface area contributed by atoms with Crippen LogP contribution in [0.15, 0.2) is 60.7 Å². The Labute approximate surface area is 115 Å². The summed E-state index contributed by atoms with van der Waals surface area (Å²) in [6, 6.07) is 20.1. The fourth-order valence-corrected chi connectivity index (χ4v) is 1.46. The molecule has 2 rings (SSSR count). The number of aryl methyl sites for hydroxylation is 1. The number of amides is 1. The third-order valence-corrected chi connectivity index (χ3v) is 2.59. The van der Waals surface area contributed by atoms with Gasteiger partial charge in [0.15, 0.2) is 0 Å². The van der Waals surface area contributed by atoms with Gasteiger partial charge in [-0.15, -0.1) is 0 Å². The van der Waals surface area contributed by atoms with E-state index in [1.165, 1.54) is 5.56 Å². The molecular formula is C17H21NO. The maximum Gasteiger partial charge on any atom is 0.219 e. The molecule has 0 aromatic heterocycles. The molecule has 2 aromatic carbocycles. The minimum Gasteiger partial charge on any atom is -0.352 e. The maximum absolute atomic E-state index is 10.9. The Balaban J connectivity index is 0.000000218. The molecule has 0 unspecified atom stereocenters. The molecule has 0 atom stereocenters. The number of carbonyl (C=O) groups is 1. The van der Waals surface area contributed by atoms with Crippen molar-refractivity contribution in [1.29, 1.82) is 0 Å². The van der Waals surface area contributed by atoms with Crippen LogP contribution < -0.4 is 5.32 Å². The predicted molar refractivity (Wildman–Crippen MR) is 79.8 cm³/mol. The molecule has 0 aliphatic heterocycles. The summed E-state index contributed by atoms with van der Waals surface area (Å²) in [6.07, 6.45) is 0.548. The molecule has 0 saturated heterocycles. The van der Waals surface area contributed by atoms with E-state index in [1.54, 1.807) is 0 Å². The highest BCUT2D eigenvalue weighted by atomic mass is 16.1. The first kappa shape index (κ1) is 15.0. The van der Waals surface area contributed by atoms with Gasteiger partial charge in [0.2, 0.25) is 5.91 Å². The molecular weight excluding hydrogens is 234 g/mol. The average Bonchev–Trinajstić information content (AvgIpc) is 2.47. The van der Waals surface area contributed by atoms with Gasteiger partial charge in [-0.05, 0) is 12.5 Å². The topological polar surface area (TPSA) is 29.1 Å². The number of rotatable bonds is 3. The lowest BCUT2D eigenvalue weighted by Gasteiger charge is -2.02. The first-order valence-electron chi connectivity index (χ1n) is 6.54. The maximum atomic E-state index is 10.9. The first-order valence-corrected chi connectivity index (χ1v) is 6.54. The summed E-state index contributed by atoms with van der Waals surface area (Å²) in [5.74, 6) is 0.0962. The van der Waals surface area contributed by atoms with E-state index < -0.39 is 0 Å². The van der Waals surface area contributed by atoms with Crippen LogP contribution in [0.25, 0.3) is 0 Å². The highest BCUT2D eigenvalue weighted by Gasteiger charge is 1.95. The van der Waals surface area contributed by atoms with Crippen molar-refractivity contribution >= 4 is 5.91 Å². The lowest BCUT2D eigenvalue weighted by Crippen LogP contribution is -2.21. The van der Waals surface area contributed by atoms with Crippen molar-refractivity contribution in [2.45, 2.75) is 26.8 Å². The molecule has 19 heavy (non-hydrogen) atoms. The molecule has 0 aliphatic rings. The Hall–Kier alpha value is -2.09. The lowest BCUT2D eigenvalue weighted by molar-refractivity contribution is -0.120. The van der Waals surface area contributed by atoms with Gasteiger partial charge in [-0.25, -0.2) is 0 Å². The molecule has 0 aliphatic carbocycles. The molecule has 100 valence electrons. The van der Waals surface area contributed by atoms with E-state index in [0.717, 1.165) is 5.56 Å². The number of benzene rings is 2. The van der Waals surface area contributed by atoms with E-state index in [0.29, 0.717) is 13.0 Å². The van der Waals surface area contributed by atoms with Crippen LogP contribution in [-0.4, -0.2) is 5.91 Å². The fourth-order valence-electron chi connectivity index (χ4n) is 1.46. The third kappa shape index (κ3) is 7.04. The zero-order chi connectivity index (χ0) is 13.9. The largest absolute Gasteiger partial charge is 0.352 e. The lowest BCUT2D eigenvalue weighted by atomic mass is 10.2. The van der Waals surface area contributed by atoms with Gasteiger partial charge in [-0.3, -0.25) is 4.79 Å². The summed E-state index contributed by atoms with van der Waals surface area (Å²) in [5, 5.41) is 2.81. The number of hydrogen-bond donors (Lipinski definition) is 1. The standard InChI is InChI=1S/C10H13NO.C7H8/c1-2-10(12)11-8-9-6-4-3-5-7-9;1-7-5-3-2-4-6-7/h3-7H,2,8H2,1H3,(H,11,12);2-6H,1H3. The summed E-state index contributed by atoms with van der Waals surface area (Å²) in [7, 11) is 0. The van der Waals surface area contributed by atoms with Crippen molar-refractivity contribution in [2.75, 3.05) is 0 Å². The van der Waals surface area contributed by atoms with Crippen molar-refractivity contribution in [1.82, 2.24) is 5.32 Å². The molecule has 2 nitrogen and oxygen atoms in total. The quantitative estimate of drug-likeness (QED) is 0.890. The summed E-state index contributed by atoms with van der Waals surface area (Å²) in [4.78, 5) is 10.9. The highest BCUT2D eigenvalue weighted by molar-refractivity contribution is 5.75. The molecule has 1 N–H and O–H groups in total. The zero-order valence-electron chi connectivity index (χ0n) is 11.6. The number of carbonyl (C=O) groups excluding carboxylic acids is 1. The predicted octanol–water partition coefficient (Wildman–Crippen LogP) is 3.71. The smallest absolute Gasteiger partial charge is 0.219 e. The monoisotopic (exact) mass is 255 g/mol. The second-order valence-electron chi connectivity index (χ2n) is 4.27. The van der Waals surface area contributed by atoms with Gasteiger partial charge in [0.25, 0.3) is 0 Å². The summed E-state index contributed by atoms with van der Waals surface area (Å²) in [6.45, 7) is 4.56. The van der Waals surface area contributed by atoms with Gasteiger partial charge < -0.3 is 5.32 Å². The van der Waals surface area contributed by atoms with Gasteiger partial charge in [-0.1, -0.05) is 73.2 Å². The van der Waals surface area contributed by atoms with Crippen LogP contribution in [0, 0.1) is 6.92 Å². The summed E-state index contributed by atoms with van der Waals surface area (Å²) < 4.78 is 0. The van der Waals surface area contributed by atoms with Crippen LogP contribution in [0.3, 0.4) is 0 Å². The van der Waals surface area contributed by atoms with E-state index >= 15 is 0 Å². The number of nitrogens with one attached hydrogen (secondary N) is 1. The first-order chi connectivity index (χ1) is 9.22. The number of hydrogen-bond acceptors (Lipinski definition) is 1. The Morgan fingerprint density at radius 2 is 1.47 bits per heavy atom. The summed E-state index contributed by atoms with van der Waals surface area (Å²) >= 11 is 0. The summed E-state index contributed by atoms with van der Waals surface area (Å²) in [5.41, 5.74) is 2.46. The normalized spacial score (nSPS) is 9.16. The second kappa shape index (κ2) is 8.92. The van der Waals surface area contributed by atoms with Crippen LogP contribution in [-0.2, 0) is 11.3 Å². The van der Waals surface area contributed by atoms with Crippen molar-refractivity contribution < 1.29 is 4.79 Å². The SMILES string of the molecule is CCC(=O)NCc1ccccc1.Cc1ccccc1. The van der Waals surface area contributed by atoms with Gasteiger partial charge in [-0.2, -0.15) is 0 Å². The van der Waals surface area contributed by atoms with Crippen LogP contribution in [0.5, 0.6) is 0 Å². The highest BCUT2D eigenvalue weighted by Crippen LogP contribution is 1.97. The minimum atomic E-state index is 0.0962. The van der Waals surface area contributed by atoms with Crippen LogP contribution >= 0.6 is 0 Å². The average molecular weight is 255 g/mol. The van der Waals surface area contributed by atoms with Gasteiger partial charge >= 0.3 is 0 Å². The Morgan fingerprint density at radius 3 is 1.89 bits per heavy atom. The zero-order valence-corrected chi connectivity index (χ0v) is 11.6. The van der Waals surface area contributed by atoms with Crippen molar-refractivity contribution in [3.05, 3.63) is 71.8 Å². The van der Waals surface area contributed by atoms with E-state index in [4.69, 9.17) is 0 Å². The second-order valence-corrected chi connectivity index (χ2v) is 4.27. The van der Waals surface area contributed by atoms with Gasteiger partial charge in [0.1, 0.15) is 0 Å². The van der Waals surface area contributed by atoms with Crippen LogP contribution in [0.2, 0.25) is 0 Å². The van der Waals surface area contributed by atoms with E-state index in [1.807, 2.05) is 55.5 Å². The molecule has 0 spiro atoms. The van der Waals surface area contributed by atoms with Crippen LogP contribution in [0.1, 0.15) is 24.5 Å².